The van der Waals surface area contributed by atoms with Crippen LogP contribution < -0.4 is 4.90 Å². The van der Waals surface area contributed by atoms with Gasteiger partial charge in [-0.15, -0.1) is 0 Å². The fraction of sp³-hybridized carbons (Fsp3) is 0.533. The number of rotatable bonds is 2. The van der Waals surface area contributed by atoms with E-state index in [-0.39, 0.29) is 11.3 Å². The van der Waals surface area contributed by atoms with Crippen molar-refractivity contribution in [1.29, 1.82) is 5.26 Å². The molecule has 0 unspecified atom stereocenters. The second-order valence-electron chi connectivity index (χ2n) is 5.62. The zero-order valence-electron chi connectivity index (χ0n) is 11.7. The summed E-state index contributed by atoms with van der Waals surface area (Å²) in [4.78, 5) is 12.6. The highest BCUT2D eigenvalue weighted by atomic mass is 16.6. The minimum absolute atomic E-state index is 0.125. The molecule has 21 heavy (non-hydrogen) atoms. The molecule has 6 heteroatoms. The zero-order chi connectivity index (χ0) is 14.8. The predicted molar refractivity (Wildman–Crippen MR) is 77.1 cm³/mol. The molecule has 0 radical (unpaired) electrons. The van der Waals surface area contributed by atoms with Crippen LogP contribution in [0.3, 0.4) is 0 Å². The first kappa shape index (κ1) is 13.8. The highest BCUT2D eigenvalue weighted by molar-refractivity contribution is 5.60. The van der Waals surface area contributed by atoms with Crippen LogP contribution in [-0.4, -0.2) is 30.7 Å². The van der Waals surface area contributed by atoms with Crippen molar-refractivity contribution in [1.82, 2.24) is 0 Å². The van der Waals surface area contributed by atoms with Crippen molar-refractivity contribution in [2.75, 3.05) is 24.6 Å². The van der Waals surface area contributed by atoms with Crippen molar-refractivity contribution < 1.29 is 9.66 Å². The van der Waals surface area contributed by atoms with Gasteiger partial charge in [-0.1, -0.05) is 0 Å². The molecule has 2 saturated heterocycles. The van der Waals surface area contributed by atoms with Crippen molar-refractivity contribution in [2.45, 2.75) is 25.4 Å². The summed E-state index contributed by atoms with van der Waals surface area (Å²) in [5.74, 6) is 0.522. The van der Waals surface area contributed by atoms with Gasteiger partial charge in [0.05, 0.1) is 11.0 Å². The lowest BCUT2D eigenvalue weighted by atomic mass is 9.88. The predicted octanol–water partition coefficient (Wildman–Crippen LogP) is 2.47. The fourth-order valence-electron chi connectivity index (χ4n) is 3.29. The first-order valence-electron chi connectivity index (χ1n) is 7.24. The molecule has 0 aliphatic carbocycles. The van der Waals surface area contributed by atoms with Gasteiger partial charge in [-0.2, -0.15) is 5.26 Å². The Balaban J connectivity index is 1.81. The second kappa shape index (κ2) is 5.70. The van der Waals surface area contributed by atoms with Crippen LogP contribution in [0.25, 0.3) is 0 Å². The van der Waals surface area contributed by atoms with E-state index >= 15 is 0 Å². The molecule has 1 aromatic rings. The average molecular weight is 287 g/mol. The number of nitriles is 1. The summed E-state index contributed by atoms with van der Waals surface area (Å²) in [6.45, 7) is 2.62. The van der Waals surface area contributed by atoms with Gasteiger partial charge in [0.2, 0.25) is 0 Å². The Hall–Kier alpha value is -2.13. The van der Waals surface area contributed by atoms with Crippen molar-refractivity contribution >= 4 is 11.4 Å². The topological polar surface area (TPSA) is 79.4 Å². The summed E-state index contributed by atoms with van der Waals surface area (Å²) in [5.41, 5.74) is 0.887. The quantitative estimate of drug-likeness (QED) is 0.616. The Morgan fingerprint density at radius 1 is 1.43 bits per heavy atom. The van der Waals surface area contributed by atoms with Crippen LogP contribution in [0, 0.1) is 27.4 Å². The van der Waals surface area contributed by atoms with E-state index in [1.54, 1.807) is 12.1 Å². The van der Waals surface area contributed by atoms with E-state index in [1.165, 1.54) is 12.5 Å². The van der Waals surface area contributed by atoms with E-state index in [9.17, 15) is 10.1 Å². The van der Waals surface area contributed by atoms with E-state index in [0.29, 0.717) is 12.0 Å². The molecule has 3 rings (SSSR count). The van der Waals surface area contributed by atoms with Gasteiger partial charge >= 0.3 is 0 Å². The summed E-state index contributed by atoms with van der Waals surface area (Å²) < 4.78 is 5.79. The minimum atomic E-state index is -0.510. The number of fused-ring (bicyclic) bond motifs is 1. The normalized spacial score (nSPS) is 25.0. The number of anilines is 1. The van der Waals surface area contributed by atoms with Crippen LogP contribution in [0.4, 0.5) is 11.4 Å². The summed E-state index contributed by atoms with van der Waals surface area (Å²) >= 11 is 0. The van der Waals surface area contributed by atoms with Crippen LogP contribution >= 0.6 is 0 Å². The molecule has 0 saturated carbocycles. The van der Waals surface area contributed by atoms with Crippen LogP contribution in [0.1, 0.15) is 24.8 Å². The van der Waals surface area contributed by atoms with Crippen molar-refractivity contribution in [3.8, 4) is 6.07 Å². The number of nitro groups is 1. The summed E-state index contributed by atoms with van der Waals surface area (Å²) in [5, 5.41) is 20.0. The number of hydrogen-bond donors (Lipinski definition) is 0. The lowest BCUT2D eigenvalue weighted by Gasteiger charge is -2.42. The number of nitrogens with zero attached hydrogens (tertiary/aromatic N) is 3. The minimum Gasteiger partial charge on any atom is -0.378 e. The fourth-order valence-corrected chi connectivity index (χ4v) is 3.29. The van der Waals surface area contributed by atoms with E-state index in [2.05, 4.69) is 4.90 Å². The maximum atomic E-state index is 10.9. The third kappa shape index (κ3) is 2.69. The molecule has 0 bridgehead atoms. The molecule has 0 spiro atoms. The molecule has 0 aromatic heterocycles. The molecule has 2 fully saturated rings. The number of benzene rings is 1. The van der Waals surface area contributed by atoms with E-state index in [4.69, 9.17) is 10.00 Å². The molecule has 2 aliphatic heterocycles. The Morgan fingerprint density at radius 3 is 3.05 bits per heavy atom. The Labute approximate surface area is 123 Å². The summed E-state index contributed by atoms with van der Waals surface area (Å²) in [6, 6.07) is 6.71. The smallest absolute Gasteiger partial charge is 0.287 e. The maximum Gasteiger partial charge on any atom is 0.287 e. The summed E-state index contributed by atoms with van der Waals surface area (Å²) in [6.07, 6.45) is 3.59. The number of nitro benzene ring substituents is 1. The Morgan fingerprint density at radius 2 is 2.29 bits per heavy atom. The van der Waals surface area contributed by atoms with Gasteiger partial charge in [-0.25, -0.2) is 0 Å². The first-order chi connectivity index (χ1) is 10.2. The van der Waals surface area contributed by atoms with Crippen LogP contribution in [0.2, 0.25) is 0 Å². The van der Waals surface area contributed by atoms with E-state index in [1.807, 2.05) is 6.07 Å². The molecular weight excluding hydrogens is 270 g/mol. The van der Waals surface area contributed by atoms with Crippen LogP contribution in [0.15, 0.2) is 18.2 Å². The molecular formula is C15H17N3O3. The second-order valence-corrected chi connectivity index (χ2v) is 5.62. The van der Waals surface area contributed by atoms with Crippen molar-refractivity contribution in [3.63, 3.8) is 0 Å². The molecule has 0 amide bonds. The van der Waals surface area contributed by atoms with Crippen LogP contribution in [-0.2, 0) is 4.74 Å². The Bertz CT molecular complexity index is 596. The van der Waals surface area contributed by atoms with Crippen molar-refractivity contribution in [3.05, 3.63) is 33.9 Å². The average Bonchev–Trinajstić information content (AvgIpc) is 2.53. The van der Waals surface area contributed by atoms with Gasteiger partial charge in [-0.05, 0) is 31.4 Å². The zero-order valence-corrected chi connectivity index (χ0v) is 11.7. The van der Waals surface area contributed by atoms with Crippen molar-refractivity contribution in [2.24, 2.45) is 5.92 Å². The lowest BCUT2D eigenvalue weighted by molar-refractivity contribution is -0.385. The summed E-state index contributed by atoms with van der Waals surface area (Å²) in [7, 11) is 0. The number of hydrogen-bond acceptors (Lipinski definition) is 5. The SMILES string of the molecule is N#Cc1cc(N2CC[C@H]3OCCC[C@@H]3C2)ccc1[N+](=O)[O-]. The molecule has 110 valence electrons. The van der Waals surface area contributed by atoms with E-state index < -0.39 is 4.92 Å². The lowest BCUT2D eigenvalue weighted by Crippen LogP contribution is -2.46. The van der Waals surface area contributed by atoms with Gasteiger partial charge in [-0.3, -0.25) is 10.1 Å². The standard InChI is InChI=1S/C15H17N3O3/c16-9-12-8-13(3-4-14(12)18(19)20)17-6-5-15-11(10-17)2-1-7-21-15/h3-4,8,11,15H,1-2,5-7,10H2/t11-,15-/m1/s1. The monoisotopic (exact) mass is 287 g/mol. The number of piperidine rings is 1. The number of ether oxygens (including phenoxy) is 1. The largest absolute Gasteiger partial charge is 0.378 e. The van der Waals surface area contributed by atoms with Gasteiger partial charge < -0.3 is 9.64 Å². The first-order valence-corrected chi connectivity index (χ1v) is 7.24. The van der Waals surface area contributed by atoms with Gasteiger partial charge in [0.1, 0.15) is 11.6 Å². The molecule has 1 aromatic carbocycles. The van der Waals surface area contributed by atoms with Gasteiger partial charge in [0.25, 0.3) is 5.69 Å². The van der Waals surface area contributed by atoms with Gasteiger partial charge in [0, 0.05) is 37.4 Å². The highest BCUT2D eigenvalue weighted by Gasteiger charge is 2.32. The molecule has 2 atom stereocenters. The molecule has 2 heterocycles. The van der Waals surface area contributed by atoms with Crippen LogP contribution in [0.5, 0.6) is 0 Å². The van der Waals surface area contributed by atoms with E-state index in [0.717, 1.165) is 38.2 Å². The maximum absolute atomic E-state index is 10.9. The third-order valence-corrected chi connectivity index (χ3v) is 4.38. The Kier molecular flexibility index (Phi) is 3.76. The van der Waals surface area contributed by atoms with Gasteiger partial charge in [0.15, 0.2) is 0 Å². The third-order valence-electron chi connectivity index (χ3n) is 4.38. The molecule has 6 nitrogen and oxygen atoms in total. The molecule has 0 N–H and O–H groups in total. The molecule has 2 aliphatic rings. The highest BCUT2D eigenvalue weighted by Crippen LogP contribution is 2.32.